The van der Waals surface area contributed by atoms with Crippen LogP contribution in [0.5, 0.6) is 0 Å². The maximum atomic E-state index is 12.1. The minimum atomic E-state index is -3.30. The molecular weight excluding hydrogens is 298 g/mol. The number of rotatable bonds is 4. The van der Waals surface area contributed by atoms with Crippen LogP contribution in [0, 0.1) is 0 Å². The van der Waals surface area contributed by atoms with Gasteiger partial charge < -0.3 is 14.4 Å². The van der Waals surface area contributed by atoms with E-state index in [-0.39, 0.29) is 24.5 Å². The molecule has 114 valence electrons. The Balaban J connectivity index is 2.11. The largest absolute Gasteiger partial charge is 0.481 e. The molecule has 1 unspecified atom stereocenters. The highest BCUT2D eigenvalue weighted by Gasteiger charge is 2.34. The molecule has 0 radical (unpaired) electrons. The molecule has 2 rings (SSSR count). The van der Waals surface area contributed by atoms with Gasteiger partial charge >= 0.3 is 5.97 Å². The summed E-state index contributed by atoms with van der Waals surface area (Å²) in [4.78, 5) is 24.2. The van der Waals surface area contributed by atoms with Crippen LogP contribution in [0.25, 0.3) is 6.08 Å². The first-order chi connectivity index (χ1) is 9.87. The molecule has 7 nitrogen and oxygen atoms in total. The summed E-state index contributed by atoms with van der Waals surface area (Å²) in [6, 6.07) is 2.50. The number of carbonyl (C=O) groups is 2. The third kappa shape index (κ3) is 4.19. The second-order valence-corrected chi connectivity index (χ2v) is 6.98. The number of nitrogens with zero attached hydrogens (tertiary/aromatic N) is 1. The molecule has 21 heavy (non-hydrogen) atoms. The van der Waals surface area contributed by atoms with E-state index in [9.17, 15) is 18.0 Å². The Hall–Kier alpha value is -2.09. The molecular formula is C13H15NO6S. The van der Waals surface area contributed by atoms with Crippen molar-refractivity contribution in [3.05, 3.63) is 30.2 Å². The van der Waals surface area contributed by atoms with Gasteiger partial charge in [0, 0.05) is 12.6 Å². The SMILES string of the molecule is O=C(O)CC1CS(=O)(=O)CCN1C(=O)/C=C/c1ccco1. The number of carboxylic acid groups (broad SMARTS) is 1. The van der Waals surface area contributed by atoms with Crippen molar-refractivity contribution < 1.29 is 27.5 Å². The normalized spacial score (nSPS) is 21.5. The highest BCUT2D eigenvalue weighted by atomic mass is 32.2. The molecule has 1 fully saturated rings. The van der Waals surface area contributed by atoms with Crippen LogP contribution in [0.2, 0.25) is 0 Å². The Kier molecular flexibility index (Phi) is 4.46. The van der Waals surface area contributed by atoms with E-state index >= 15 is 0 Å². The van der Waals surface area contributed by atoms with Crippen molar-refractivity contribution in [2.45, 2.75) is 12.5 Å². The van der Waals surface area contributed by atoms with Gasteiger partial charge in [-0.25, -0.2) is 8.42 Å². The maximum absolute atomic E-state index is 12.1. The van der Waals surface area contributed by atoms with Crippen molar-refractivity contribution in [1.82, 2.24) is 4.90 Å². The van der Waals surface area contributed by atoms with Gasteiger partial charge in [-0.15, -0.1) is 0 Å². The van der Waals surface area contributed by atoms with Crippen molar-refractivity contribution in [2.75, 3.05) is 18.1 Å². The van der Waals surface area contributed by atoms with Gasteiger partial charge in [0.1, 0.15) is 5.76 Å². The predicted molar refractivity (Wildman–Crippen MR) is 74.1 cm³/mol. The number of sulfone groups is 1. The molecule has 0 aliphatic carbocycles. The third-order valence-corrected chi connectivity index (χ3v) is 4.85. The maximum Gasteiger partial charge on any atom is 0.305 e. The zero-order valence-corrected chi connectivity index (χ0v) is 12.0. The Bertz CT molecular complexity index is 646. The Morgan fingerprint density at radius 1 is 1.48 bits per heavy atom. The number of amides is 1. The molecule has 1 saturated heterocycles. The van der Waals surface area contributed by atoms with Crippen LogP contribution < -0.4 is 0 Å². The standard InChI is InChI=1S/C13H15NO6S/c15-12(4-3-11-2-1-6-20-11)14-5-7-21(18,19)9-10(14)8-13(16)17/h1-4,6,10H,5,7-9H2,(H,16,17)/b4-3+. The third-order valence-electron chi connectivity index (χ3n) is 3.16. The summed E-state index contributed by atoms with van der Waals surface area (Å²) in [5, 5.41) is 8.85. The fourth-order valence-corrected chi connectivity index (χ4v) is 3.71. The molecule has 1 aromatic rings. The van der Waals surface area contributed by atoms with Crippen molar-refractivity contribution in [3.8, 4) is 0 Å². The highest BCUT2D eigenvalue weighted by Crippen LogP contribution is 2.16. The lowest BCUT2D eigenvalue weighted by atomic mass is 10.2. The van der Waals surface area contributed by atoms with E-state index < -0.39 is 27.8 Å². The predicted octanol–water partition coefficient (Wildman–Crippen LogP) is 0.393. The smallest absolute Gasteiger partial charge is 0.305 e. The van der Waals surface area contributed by atoms with Crippen molar-refractivity contribution >= 4 is 27.8 Å². The van der Waals surface area contributed by atoms with Gasteiger partial charge in [0.15, 0.2) is 9.84 Å². The molecule has 8 heteroatoms. The number of hydrogen-bond acceptors (Lipinski definition) is 5. The lowest BCUT2D eigenvalue weighted by Gasteiger charge is -2.33. The van der Waals surface area contributed by atoms with Crippen LogP contribution in [-0.2, 0) is 19.4 Å². The average molecular weight is 313 g/mol. The van der Waals surface area contributed by atoms with Crippen LogP contribution in [0.4, 0.5) is 0 Å². The zero-order valence-electron chi connectivity index (χ0n) is 11.1. The molecule has 1 aromatic heterocycles. The van der Waals surface area contributed by atoms with Gasteiger partial charge in [-0.05, 0) is 18.2 Å². The van der Waals surface area contributed by atoms with Gasteiger partial charge in [-0.2, -0.15) is 0 Å². The van der Waals surface area contributed by atoms with E-state index in [1.54, 1.807) is 12.1 Å². The average Bonchev–Trinajstić information content (AvgIpc) is 2.87. The molecule has 1 aliphatic heterocycles. The molecule has 1 aliphatic rings. The van der Waals surface area contributed by atoms with Gasteiger partial charge in [-0.3, -0.25) is 9.59 Å². The zero-order chi connectivity index (χ0) is 15.5. The van der Waals surface area contributed by atoms with E-state index in [1.165, 1.54) is 23.3 Å². The van der Waals surface area contributed by atoms with Gasteiger partial charge in [-0.1, -0.05) is 0 Å². The number of furan rings is 1. The summed E-state index contributed by atoms with van der Waals surface area (Å²) in [6.07, 6.45) is 3.79. The Morgan fingerprint density at radius 3 is 2.86 bits per heavy atom. The van der Waals surface area contributed by atoms with Gasteiger partial charge in [0.25, 0.3) is 0 Å². The quantitative estimate of drug-likeness (QED) is 0.806. The number of aliphatic carboxylic acids is 1. The van der Waals surface area contributed by atoms with E-state index in [0.29, 0.717) is 5.76 Å². The van der Waals surface area contributed by atoms with Gasteiger partial charge in [0.05, 0.1) is 30.2 Å². The molecule has 0 aromatic carbocycles. The fourth-order valence-electron chi connectivity index (χ4n) is 2.18. The summed E-state index contributed by atoms with van der Waals surface area (Å²) < 4.78 is 28.2. The molecule has 0 saturated carbocycles. The molecule has 1 N–H and O–H groups in total. The Labute approximate surface area is 121 Å². The summed E-state index contributed by atoms with van der Waals surface area (Å²) in [5.41, 5.74) is 0. The van der Waals surface area contributed by atoms with Crippen molar-refractivity contribution in [2.24, 2.45) is 0 Å². The van der Waals surface area contributed by atoms with E-state index in [0.717, 1.165) is 0 Å². The number of hydrogen-bond donors (Lipinski definition) is 1. The monoisotopic (exact) mass is 313 g/mol. The van der Waals surface area contributed by atoms with Crippen LogP contribution in [0.3, 0.4) is 0 Å². The minimum Gasteiger partial charge on any atom is -0.481 e. The van der Waals surface area contributed by atoms with Gasteiger partial charge in [0.2, 0.25) is 5.91 Å². The topological polar surface area (TPSA) is 105 Å². The molecule has 2 heterocycles. The number of carbonyl (C=O) groups excluding carboxylic acids is 1. The van der Waals surface area contributed by atoms with Crippen LogP contribution in [0.1, 0.15) is 12.2 Å². The number of carboxylic acids is 1. The van der Waals surface area contributed by atoms with Crippen LogP contribution in [-0.4, -0.2) is 54.4 Å². The second kappa shape index (κ2) is 6.13. The van der Waals surface area contributed by atoms with Crippen molar-refractivity contribution in [3.63, 3.8) is 0 Å². The summed E-state index contributed by atoms with van der Waals surface area (Å²) in [7, 11) is -3.30. The highest BCUT2D eigenvalue weighted by molar-refractivity contribution is 7.91. The lowest BCUT2D eigenvalue weighted by Crippen LogP contribution is -2.51. The van der Waals surface area contributed by atoms with E-state index in [1.807, 2.05) is 0 Å². The second-order valence-electron chi connectivity index (χ2n) is 4.75. The van der Waals surface area contributed by atoms with Crippen LogP contribution >= 0.6 is 0 Å². The van der Waals surface area contributed by atoms with E-state index in [4.69, 9.17) is 9.52 Å². The summed E-state index contributed by atoms with van der Waals surface area (Å²) in [6.45, 7) is 0.00160. The Morgan fingerprint density at radius 2 is 2.24 bits per heavy atom. The molecule has 1 amide bonds. The first-order valence-electron chi connectivity index (χ1n) is 6.32. The summed E-state index contributed by atoms with van der Waals surface area (Å²) in [5.74, 6) is -1.54. The first-order valence-corrected chi connectivity index (χ1v) is 8.14. The molecule has 0 bridgehead atoms. The first kappa shape index (κ1) is 15.3. The minimum absolute atomic E-state index is 0.00160. The van der Waals surface area contributed by atoms with Crippen molar-refractivity contribution in [1.29, 1.82) is 0 Å². The lowest BCUT2D eigenvalue weighted by molar-refractivity contribution is -0.139. The summed E-state index contributed by atoms with van der Waals surface area (Å²) >= 11 is 0. The molecule has 1 atom stereocenters. The van der Waals surface area contributed by atoms with Crippen LogP contribution in [0.15, 0.2) is 28.9 Å². The fraction of sp³-hybridized carbons (Fsp3) is 0.385. The van der Waals surface area contributed by atoms with E-state index in [2.05, 4.69) is 0 Å². The molecule has 0 spiro atoms.